The molecule has 1 aromatic heterocycles. The highest BCUT2D eigenvalue weighted by atomic mass is 32.1. The third kappa shape index (κ3) is 2.21. The second-order valence-electron chi connectivity index (χ2n) is 6.16. The van der Waals surface area contributed by atoms with Crippen molar-refractivity contribution in [3.05, 3.63) is 21.9 Å². The van der Waals surface area contributed by atoms with Crippen LogP contribution in [0, 0.1) is 11.8 Å². The molecule has 4 heteroatoms. The van der Waals surface area contributed by atoms with Gasteiger partial charge >= 0.3 is 5.97 Å². The van der Waals surface area contributed by atoms with Gasteiger partial charge in [-0.25, -0.2) is 0 Å². The molecule has 1 fully saturated rings. The van der Waals surface area contributed by atoms with Gasteiger partial charge in [-0.1, -0.05) is 13.8 Å². The van der Waals surface area contributed by atoms with Crippen LogP contribution in [0.3, 0.4) is 0 Å². The van der Waals surface area contributed by atoms with Crippen molar-refractivity contribution >= 4 is 17.3 Å². The molecule has 3 rings (SSSR count). The van der Waals surface area contributed by atoms with E-state index in [0.717, 1.165) is 30.4 Å². The molecule has 19 heavy (non-hydrogen) atoms. The lowest BCUT2D eigenvalue weighted by atomic mass is 9.72. The van der Waals surface area contributed by atoms with Gasteiger partial charge in [0, 0.05) is 17.5 Å². The first-order valence-electron chi connectivity index (χ1n) is 7.12. The molecule has 3 nitrogen and oxygen atoms in total. The fourth-order valence-electron chi connectivity index (χ4n) is 3.45. The van der Waals surface area contributed by atoms with Gasteiger partial charge in [-0.3, -0.25) is 9.69 Å². The van der Waals surface area contributed by atoms with Crippen LogP contribution in [0.4, 0.5) is 0 Å². The van der Waals surface area contributed by atoms with Gasteiger partial charge in [0.2, 0.25) is 0 Å². The van der Waals surface area contributed by atoms with Crippen LogP contribution in [0.1, 0.15) is 43.2 Å². The summed E-state index contributed by atoms with van der Waals surface area (Å²) in [6.45, 7) is 5.44. The smallest absolute Gasteiger partial charge is 0.325 e. The van der Waals surface area contributed by atoms with Crippen LogP contribution in [0.25, 0.3) is 0 Å². The molecule has 0 radical (unpaired) electrons. The Morgan fingerprint density at radius 2 is 2.21 bits per heavy atom. The highest BCUT2D eigenvalue weighted by molar-refractivity contribution is 7.10. The molecule has 2 heterocycles. The number of aliphatic carboxylic acids is 1. The van der Waals surface area contributed by atoms with E-state index in [9.17, 15) is 9.90 Å². The first kappa shape index (κ1) is 13.1. The number of thiophene rings is 1. The number of carbonyl (C=O) groups is 1. The summed E-state index contributed by atoms with van der Waals surface area (Å²) in [6, 6.07) is 2.07. The molecular formula is C15H21NO2S. The molecule has 1 saturated carbocycles. The maximum absolute atomic E-state index is 11.6. The van der Waals surface area contributed by atoms with E-state index in [0.29, 0.717) is 6.04 Å². The predicted molar refractivity (Wildman–Crippen MR) is 76.5 cm³/mol. The molecule has 0 saturated heterocycles. The summed E-state index contributed by atoms with van der Waals surface area (Å²) in [5.41, 5.74) is 1.04. The third-order valence-corrected chi connectivity index (χ3v) is 5.80. The van der Waals surface area contributed by atoms with Crippen molar-refractivity contribution in [3.8, 4) is 0 Å². The second-order valence-corrected chi connectivity index (χ2v) is 7.16. The first-order valence-corrected chi connectivity index (χ1v) is 8.00. The van der Waals surface area contributed by atoms with E-state index < -0.39 is 12.0 Å². The molecule has 0 bridgehead atoms. The minimum Gasteiger partial charge on any atom is -0.480 e. The van der Waals surface area contributed by atoms with Crippen LogP contribution < -0.4 is 0 Å². The van der Waals surface area contributed by atoms with Crippen molar-refractivity contribution in [1.29, 1.82) is 0 Å². The molecule has 1 atom stereocenters. The van der Waals surface area contributed by atoms with Crippen molar-refractivity contribution in [3.63, 3.8) is 0 Å². The van der Waals surface area contributed by atoms with Crippen molar-refractivity contribution in [2.24, 2.45) is 11.8 Å². The number of nitrogens with zero attached hydrogens (tertiary/aromatic N) is 1. The Morgan fingerprint density at radius 1 is 1.47 bits per heavy atom. The van der Waals surface area contributed by atoms with Crippen LogP contribution in [0.15, 0.2) is 11.4 Å². The molecule has 1 aliphatic carbocycles. The summed E-state index contributed by atoms with van der Waals surface area (Å²) in [4.78, 5) is 15.1. The lowest BCUT2D eigenvalue weighted by Gasteiger charge is -2.48. The fourth-order valence-corrected chi connectivity index (χ4v) is 4.35. The van der Waals surface area contributed by atoms with Crippen LogP contribution in [0.5, 0.6) is 0 Å². The largest absolute Gasteiger partial charge is 0.480 e. The van der Waals surface area contributed by atoms with E-state index >= 15 is 0 Å². The summed E-state index contributed by atoms with van der Waals surface area (Å²) < 4.78 is 0. The van der Waals surface area contributed by atoms with Crippen LogP contribution >= 0.6 is 11.3 Å². The van der Waals surface area contributed by atoms with E-state index in [1.165, 1.54) is 17.7 Å². The summed E-state index contributed by atoms with van der Waals surface area (Å²) >= 11 is 1.70. The van der Waals surface area contributed by atoms with Gasteiger partial charge in [0.25, 0.3) is 0 Å². The summed E-state index contributed by atoms with van der Waals surface area (Å²) in [5.74, 6) is 0.816. The van der Waals surface area contributed by atoms with Crippen LogP contribution in [-0.4, -0.2) is 28.6 Å². The summed E-state index contributed by atoms with van der Waals surface area (Å²) in [5, 5.41) is 11.6. The molecule has 1 unspecified atom stereocenters. The number of fused-ring (bicyclic) bond motifs is 1. The van der Waals surface area contributed by atoms with E-state index in [4.69, 9.17) is 0 Å². The Bertz CT molecular complexity index is 476. The Morgan fingerprint density at radius 3 is 2.84 bits per heavy atom. The average molecular weight is 279 g/mol. The minimum atomic E-state index is -0.688. The fraction of sp³-hybridized carbons (Fsp3) is 0.667. The van der Waals surface area contributed by atoms with Gasteiger partial charge < -0.3 is 5.11 Å². The van der Waals surface area contributed by atoms with Gasteiger partial charge in [-0.05, 0) is 48.1 Å². The minimum absolute atomic E-state index is 0.409. The maximum atomic E-state index is 11.6. The van der Waals surface area contributed by atoms with Crippen LogP contribution in [0.2, 0.25) is 0 Å². The SMILES string of the molecule is CC(C)C1CC(N2CCc3sccc3C2C(=O)O)C1. The Balaban J connectivity index is 1.78. The maximum Gasteiger partial charge on any atom is 0.325 e. The van der Waals surface area contributed by atoms with Gasteiger partial charge in [0.1, 0.15) is 6.04 Å². The number of rotatable bonds is 3. The highest BCUT2D eigenvalue weighted by Gasteiger charge is 2.43. The van der Waals surface area contributed by atoms with E-state index in [1.807, 2.05) is 11.4 Å². The van der Waals surface area contributed by atoms with Crippen LogP contribution in [-0.2, 0) is 11.2 Å². The zero-order valence-corrected chi connectivity index (χ0v) is 12.3. The normalized spacial score (nSPS) is 31.0. The predicted octanol–water partition coefficient (Wildman–Crippen LogP) is 3.17. The number of carboxylic acid groups (broad SMARTS) is 1. The third-order valence-electron chi connectivity index (χ3n) is 4.80. The Kier molecular flexibility index (Phi) is 3.39. The molecule has 1 N–H and O–H groups in total. The van der Waals surface area contributed by atoms with Gasteiger partial charge in [0.05, 0.1) is 0 Å². The zero-order valence-electron chi connectivity index (χ0n) is 11.5. The van der Waals surface area contributed by atoms with Crippen molar-refractivity contribution in [2.75, 3.05) is 6.54 Å². The van der Waals surface area contributed by atoms with Gasteiger partial charge in [-0.15, -0.1) is 11.3 Å². The number of carboxylic acids is 1. The molecular weight excluding hydrogens is 258 g/mol. The quantitative estimate of drug-likeness (QED) is 0.924. The van der Waals surface area contributed by atoms with Crippen molar-refractivity contribution in [1.82, 2.24) is 4.90 Å². The molecule has 0 amide bonds. The summed E-state index contributed by atoms with van der Waals surface area (Å²) in [7, 11) is 0. The van der Waals surface area contributed by atoms with Gasteiger partial charge in [-0.2, -0.15) is 0 Å². The van der Waals surface area contributed by atoms with Crippen molar-refractivity contribution in [2.45, 2.75) is 45.2 Å². The molecule has 104 valence electrons. The molecule has 0 aromatic carbocycles. The van der Waals surface area contributed by atoms with Crippen molar-refractivity contribution < 1.29 is 9.90 Å². The lowest BCUT2D eigenvalue weighted by Crippen LogP contribution is -2.51. The van der Waals surface area contributed by atoms with Gasteiger partial charge in [0.15, 0.2) is 0 Å². The highest BCUT2D eigenvalue weighted by Crippen LogP contribution is 2.43. The van der Waals surface area contributed by atoms with E-state index in [2.05, 4.69) is 18.7 Å². The Labute approximate surface area is 118 Å². The standard InChI is InChI=1S/C15H21NO2S/c1-9(2)10-7-11(8-10)16-5-3-13-12(4-6-19-13)14(16)15(17)18/h4,6,9-11,14H,3,5,7-8H2,1-2H3,(H,17,18). The summed E-state index contributed by atoms with van der Waals surface area (Å²) in [6.07, 6.45) is 3.35. The number of hydrogen-bond donors (Lipinski definition) is 1. The lowest BCUT2D eigenvalue weighted by molar-refractivity contribution is -0.147. The topological polar surface area (TPSA) is 40.5 Å². The Hall–Kier alpha value is -0.870. The first-order chi connectivity index (χ1) is 9.08. The molecule has 0 spiro atoms. The number of hydrogen-bond acceptors (Lipinski definition) is 3. The molecule has 1 aromatic rings. The monoisotopic (exact) mass is 279 g/mol. The van der Waals surface area contributed by atoms with E-state index in [-0.39, 0.29) is 0 Å². The zero-order chi connectivity index (χ0) is 13.6. The molecule has 1 aliphatic heterocycles. The second kappa shape index (κ2) is 4.91. The van der Waals surface area contributed by atoms with E-state index in [1.54, 1.807) is 11.3 Å². The average Bonchev–Trinajstić information content (AvgIpc) is 2.73. The molecule has 2 aliphatic rings.